The van der Waals surface area contributed by atoms with Crippen LogP contribution in [0.2, 0.25) is 0 Å². The minimum atomic E-state index is -3.63. The molecule has 23 heavy (non-hydrogen) atoms. The van der Waals surface area contributed by atoms with Gasteiger partial charge in [-0.3, -0.25) is 4.79 Å². The van der Waals surface area contributed by atoms with Gasteiger partial charge in [-0.1, -0.05) is 5.57 Å². The Labute approximate surface area is 136 Å². The molecule has 124 valence electrons. The van der Waals surface area contributed by atoms with Crippen LogP contribution in [-0.4, -0.2) is 33.6 Å². The highest BCUT2D eigenvalue weighted by Gasteiger charge is 2.28. The minimum Gasteiger partial charge on any atom is -0.377 e. The third-order valence-corrected chi connectivity index (χ3v) is 5.49. The largest absolute Gasteiger partial charge is 0.377 e. The van der Waals surface area contributed by atoms with E-state index in [1.165, 1.54) is 6.07 Å². The maximum atomic E-state index is 12.5. The van der Waals surface area contributed by atoms with Crippen molar-refractivity contribution >= 4 is 27.2 Å². The molecule has 0 aliphatic carbocycles. The number of amides is 1. The van der Waals surface area contributed by atoms with Crippen molar-refractivity contribution in [3.63, 3.8) is 0 Å². The maximum Gasteiger partial charge on any atom is 0.256 e. The number of nitrogens with one attached hydrogen (secondary N) is 2. The average molecular weight is 336 g/mol. The quantitative estimate of drug-likeness (QED) is 0.822. The van der Waals surface area contributed by atoms with Crippen molar-refractivity contribution < 1.29 is 17.9 Å². The van der Waals surface area contributed by atoms with E-state index in [1.807, 2.05) is 13.8 Å². The van der Waals surface area contributed by atoms with Gasteiger partial charge in [0.15, 0.2) is 0 Å². The molecule has 1 fully saturated rings. The molecule has 1 atom stereocenters. The lowest BCUT2D eigenvalue weighted by atomic mass is 10.0. The van der Waals surface area contributed by atoms with Crippen LogP contribution in [0.1, 0.15) is 32.3 Å². The van der Waals surface area contributed by atoms with E-state index in [2.05, 4.69) is 10.0 Å². The Morgan fingerprint density at radius 2 is 2.17 bits per heavy atom. The highest BCUT2D eigenvalue weighted by Crippen LogP contribution is 2.35. The molecular formula is C16H20N2O4S. The average Bonchev–Trinajstić information content (AvgIpc) is 3.10. The molecule has 6 nitrogen and oxygen atoms in total. The summed E-state index contributed by atoms with van der Waals surface area (Å²) in [6, 6.07) is 4.68. The summed E-state index contributed by atoms with van der Waals surface area (Å²) in [6.45, 7) is 4.62. The summed E-state index contributed by atoms with van der Waals surface area (Å²) in [5, 5.41) is 2.75. The van der Waals surface area contributed by atoms with Gasteiger partial charge in [0.25, 0.3) is 5.91 Å². The molecule has 0 radical (unpaired) electrons. The van der Waals surface area contributed by atoms with Gasteiger partial charge in [0.05, 0.1) is 11.0 Å². The topological polar surface area (TPSA) is 84.5 Å². The van der Waals surface area contributed by atoms with E-state index < -0.39 is 10.0 Å². The van der Waals surface area contributed by atoms with Crippen LogP contribution in [0.15, 0.2) is 28.7 Å². The summed E-state index contributed by atoms with van der Waals surface area (Å²) in [4.78, 5) is 12.1. The van der Waals surface area contributed by atoms with Crippen LogP contribution in [0.3, 0.4) is 0 Å². The molecule has 0 bridgehead atoms. The maximum absolute atomic E-state index is 12.5. The lowest BCUT2D eigenvalue weighted by molar-refractivity contribution is -0.110. The van der Waals surface area contributed by atoms with Crippen LogP contribution in [0, 0.1) is 0 Å². The number of carbonyl (C=O) groups excluding carboxylic acids is 1. The van der Waals surface area contributed by atoms with Crippen molar-refractivity contribution in [1.29, 1.82) is 0 Å². The highest BCUT2D eigenvalue weighted by atomic mass is 32.2. The van der Waals surface area contributed by atoms with Crippen LogP contribution in [0.5, 0.6) is 0 Å². The number of fused-ring (bicyclic) bond motifs is 1. The molecule has 2 aliphatic heterocycles. The highest BCUT2D eigenvalue weighted by molar-refractivity contribution is 7.89. The number of sulfonamides is 1. The number of carbonyl (C=O) groups is 1. The Bertz CT molecular complexity index is 773. The van der Waals surface area contributed by atoms with Gasteiger partial charge in [-0.05, 0) is 44.9 Å². The summed E-state index contributed by atoms with van der Waals surface area (Å²) in [5.41, 5.74) is 2.67. The molecule has 0 saturated carbocycles. The van der Waals surface area contributed by atoms with Gasteiger partial charge in [0.1, 0.15) is 0 Å². The Kier molecular flexibility index (Phi) is 4.27. The molecule has 2 N–H and O–H groups in total. The first-order valence-electron chi connectivity index (χ1n) is 7.63. The lowest BCUT2D eigenvalue weighted by Gasteiger charge is -2.12. The monoisotopic (exact) mass is 336 g/mol. The zero-order chi connectivity index (χ0) is 16.6. The van der Waals surface area contributed by atoms with E-state index in [1.54, 1.807) is 12.1 Å². The van der Waals surface area contributed by atoms with E-state index in [9.17, 15) is 13.2 Å². The van der Waals surface area contributed by atoms with Crippen LogP contribution < -0.4 is 10.0 Å². The fourth-order valence-corrected chi connectivity index (χ4v) is 3.99. The number of ether oxygens (including phenoxy) is 1. The summed E-state index contributed by atoms with van der Waals surface area (Å²) in [5.74, 6) is -0.193. The number of benzene rings is 1. The molecule has 2 aliphatic rings. The van der Waals surface area contributed by atoms with Gasteiger partial charge in [-0.15, -0.1) is 0 Å². The predicted molar refractivity (Wildman–Crippen MR) is 87.5 cm³/mol. The third-order valence-electron chi connectivity index (χ3n) is 4.07. The molecule has 3 rings (SSSR count). The summed E-state index contributed by atoms with van der Waals surface area (Å²) in [6.07, 6.45) is 1.77. The molecule has 1 aromatic rings. The molecule has 0 aromatic heterocycles. The molecule has 1 aromatic carbocycles. The molecule has 1 amide bonds. The first kappa shape index (κ1) is 16.2. The molecule has 7 heteroatoms. The van der Waals surface area contributed by atoms with Crippen molar-refractivity contribution in [2.45, 2.75) is 37.7 Å². The number of allylic oxidation sites excluding steroid dienone is 1. The zero-order valence-electron chi connectivity index (χ0n) is 13.2. The first-order valence-corrected chi connectivity index (χ1v) is 9.11. The van der Waals surface area contributed by atoms with Gasteiger partial charge in [0, 0.05) is 30.0 Å². The van der Waals surface area contributed by atoms with E-state index in [0.717, 1.165) is 18.4 Å². The molecule has 0 spiro atoms. The van der Waals surface area contributed by atoms with Crippen molar-refractivity contribution in [2.24, 2.45) is 0 Å². The van der Waals surface area contributed by atoms with Gasteiger partial charge in [0.2, 0.25) is 10.0 Å². The Morgan fingerprint density at radius 1 is 1.39 bits per heavy atom. The van der Waals surface area contributed by atoms with Crippen molar-refractivity contribution in [1.82, 2.24) is 4.72 Å². The fourth-order valence-electron chi connectivity index (χ4n) is 2.90. The first-order chi connectivity index (χ1) is 10.9. The second-order valence-corrected chi connectivity index (χ2v) is 7.79. The van der Waals surface area contributed by atoms with Gasteiger partial charge < -0.3 is 10.1 Å². The van der Waals surface area contributed by atoms with Crippen LogP contribution in [0.25, 0.3) is 5.57 Å². The standard InChI is InChI=1S/C16H20N2O4S/c1-10(2)15-13-8-12(5-6-14(13)18-16(15)19)23(20,21)17-9-11-4-3-7-22-11/h5-6,8,11,17H,3-4,7,9H2,1-2H3,(H,18,19). The number of rotatable bonds is 4. The Morgan fingerprint density at radius 3 is 2.83 bits per heavy atom. The molecule has 1 saturated heterocycles. The normalized spacial score (nSPS) is 20.5. The fraction of sp³-hybridized carbons (Fsp3) is 0.438. The van der Waals surface area contributed by atoms with Crippen LogP contribution >= 0.6 is 0 Å². The summed E-state index contributed by atoms with van der Waals surface area (Å²) in [7, 11) is -3.63. The summed E-state index contributed by atoms with van der Waals surface area (Å²) >= 11 is 0. The molecule has 1 unspecified atom stereocenters. The SMILES string of the molecule is CC(C)=C1C(=O)Nc2ccc(S(=O)(=O)NCC3CCCO3)cc21. The summed E-state index contributed by atoms with van der Waals surface area (Å²) < 4.78 is 32.9. The van der Waals surface area contributed by atoms with Crippen LogP contribution in [-0.2, 0) is 19.6 Å². The van der Waals surface area contributed by atoms with Gasteiger partial charge in [-0.2, -0.15) is 0 Å². The second-order valence-electron chi connectivity index (χ2n) is 6.02. The van der Waals surface area contributed by atoms with E-state index in [-0.39, 0.29) is 23.5 Å². The number of hydrogen-bond acceptors (Lipinski definition) is 4. The van der Waals surface area contributed by atoms with Crippen molar-refractivity contribution in [3.8, 4) is 0 Å². The molecular weight excluding hydrogens is 316 g/mol. The Hall–Kier alpha value is -1.70. The number of hydrogen-bond donors (Lipinski definition) is 2. The second kappa shape index (κ2) is 6.07. The van der Waals surface area contributed by atoms with E-state index in [4.69, 9.17) is 4.74 Å². The van der Waals surface area contributed by atoms with Crippen LogP contribution in [0.4, 0.5) is 5.69 Å². The van der Waals surface area contributed by atoms with E-state index in [0.29, 0.717) is 23.4 Å². The van der Waals surface area contributed by atoms with Gasteiger partial charge >= 0.3 is 0 Å². The van der Waals surface area contributed by atoms with Crippen molar-refractivity contribution in [2.75, 3.05) is 18.5 Å². The third kappa shape index (κ3) is 3.17. The minimum absolute atomic E-state index is 0.0595. The molecule has 2 heterocycles. The van der Waals surface area contributed by atoms with Gasteiger partial charge in [-0.25, -0.2) is 13.1 Å². The lowest BCUT2D eigenvalue weighted by Crippen LogP contribution is -2.31. The zero-order valence-corrected chi connectivity index (χ0v) is 14.0. The predicted octanol–water partition coefficient (Wildman–Crippen LogP) is 1.89. The van der Waals surface area contributed by atoms with Crippen molar-refractivity contribution in [3.05, 3.63) is 29.3 Å². The van der Waals surface area contributed by atoms with E-state index >= 15 is 0 Å². The number of anilines is 1. The smallest absolute Gasteiger partial charge is 0.256 e. The Balaban J connectivity index is 1.87.